The van der Waals surface area contributed by atoms with Crippen LogP contribution in [-0.2, 0) is 7.05 Å². The number of rotatable bonds is 2. The van der Waals surface area contributed by atoms with E-state index < -0.39 is 0 Å². The molecule has 3 unspecified atom stereocenters. The number of fused-ring (bicyclic) bond motifs is 2. The number of aromatic nitrogens is 2. The molecule has 0 spiro atoms. The first kappa shape index (κ1) is 11.9. The Morgan fingerprint density at radius 3 is 2.61 bits per heavy atom. The van der Waals surface area contributed by atoms with Crippen molar-refractivity contribution < 1.29 is 4.74 Å². The molecule has 2 aliphatic carbocycles. The van der Waals surface area contributed by atoms with Crippen LogP contribution in [0.25, 0.3) is 0 Å². The van der Waals surface area contributed by atoms with Gasteiger partial charge in [0.25, 0.3) is 5.88 Å². The van der Waals surface area contributed by atoms with E-state index in [1.165, 1.54) is 12.8 Å². The van der Waals surface area contributed by atoms with Crippen molar-refractivity contribution in [2.45, 2.75) is 46.1 Å². The van der Waals surface area contributed by atoms with Crippen molar-refractivity contribution in [3.05, 3.63) is 6.20 Å². The highest BCUT2D eigenvalue weighted by molar-refractivity contribution is 5.46. The lowest BCUT2D eigenvalue weighted by atomic mass is 9.70. The van der Waals surface area contributed by atoms with Crippen molar-refractivity contribution in [2.75, 3.05) is 5.73 Å². The summed E-state index contributed by atoms with van der Waals surface area (Å²) >= 11 is 0. The van der Waals surface area contributed by atoms with Crippen LogP contribution in [0, 0.1) is 16.7 Å². The Balaban J connectivity index is 1.86. The zero-order valence-corrected chi connectivity index (χ0v) is 11.7. The molecule has 2 saturated carbocycles. The third kappa shape index (κ3) is 1.35. The summed E-state index contributed by atoms with van der Waals surface area (Å²) in [6.07, 6.45) is 5.78. The van der Waals surface area contributed by atoms with E-state index in [2.05, 4.69) is 25.9 Å². The van der Waals surface area contributed by atoms with Gasteiger partial charge in [0.15, 0.2) is 0 Å². The molecule has 100 valence electrons. The minimum Gasteiger partial charge on any atom is -0.471 e. The molecule has 0 aliphatic heterocycles. The highest BCUT2D eigenvalue weighted by Gasteiger charge is 2.62. The van der Waals surface area contributed by atoms with E-state index in [1.54, 1.807) is 10.9 Å². The van der Waals surface area contributed by atoms with E-state index in [4.69, 9.17) is 10.5 Å². The zero-order chi connectivity index (χ0) is 13.1. The molecule has 3 rings (SSSR count). The van der Waals surface area contributed by atoms with Crippen LogP contribution in [0.5, 0.6) is 5.88 Å². The number of anilines is 1. The average Bonchev–Trinajstić information content (AvgIpc) is 2.76. The molecular formula is C14H23N3O. The Hall–Kier alpha value is -1.19. The third-order valence-corrected chi connectivity index (χ3v) is 5.79. The number of aryl methyl sites for hydroxylation is 1. The average molecular weight is 249 g/mol. The van der Waals surface area contributed by atoms with Gasteiger partial charge < -0.3 is 10.5 Å². The molecule has 1 aromatic rings. The Morgan fingerprint density at radius 2 is 2.17 bits per heavy atom. The van der Waals surface area contributed by atoms with Gasteiger partial charge in [-0.3, -0.25) is 4.68 Å². The van der Waals surface area contributed by atoms with Gasteiger partial charge in [-0.15, -0.1) is 5.10 Å². The van der Waals surface area contributed by atoms with Crippen LogP contribution in [0.15, 0.2) is 6.20 Å². The molecule has 4 nitrogen and oxygen atoms in total. The minimum atomic E-state index is 0.252. The van der Waals surface area contributed by atoms with Gasteiger partial charge in [-0.05, 0) is 30.6 Å². The van der Waals surface area contributed by atoms with Crippen molar-refractivity contribution in [2.24, 2.45) is 23.8 Å². The van der Waals surface area contributed by atoms with Crippen LogP contribution in [0.3, 0.4) is 0 Å². The summed E-state index contributed by atoms with van der Waals surface area (Å²) in [5, 5.41) is 4.31. The molecule has 2 fully saturated rings. The smallest absolute Gasteiger partial charge is 0.256 e. The molecule has 18 heavy (non-hydrogen) atoms. The molecule has 2 bridgehead atoms. The lowest BCUT2D eigenvalue weighted by Crippen LogP contribution is -2.39. The lowest BCUT2D eigenvalue weighted by Gasteiger charge is -2.38. The maximum atomic E-state index is 6.14. The van der Waals surface area contributed by atoms with E-state index in [-0.39, 0.29) is 11.5 Å². The van der Waals surface area contributed by atoms with E-state index in [0.717, 1.165) is 12.3 Å². The fraction of sp³-hybridized carbons (Fsp3) is 0.786. The number of nitrogen functional groups attached to an aromatic ring is 1. The Bertz CT molecular complexity index is 479. The molecule has 0 radical (unpaired) electrons. The molecule has 3 atom stereocenters. The van der Waals surface area contributed by atoms with Gasteiger partial charge in [0.05, 0.1) is 6.20 Å². The maximum absolute atomic E-state index is 6.14. The van der Waals surface area contributed by atoms with Gasteiger partial charge in [-0.25, -0.2) is 0 Å². The SMILES string of the molecule is Cn1cc(N)c(OC2CC3CCC2(C)C3(C)C)n1. The molecule has 0 amide bonds. The third-order valence-electron chi connectivity index (χ3n) is 5.79. The van der Waals surface area contributed by atoms with Crippen molar-refractivity contribution in [1.82, 2.24) is 9.78 Å². The first-order chi connectivity index (χ1) is 8.34. The number of hydrogen-bond acceptors (Lipinski definition) is 3. The minimum absolute atomic E-state index is 0.252. The quantitative estimate of drug-likeness (QED) is 0.876. The van der Waals surface area contributed by atoms with Gasteiger partial charge in [-0.1, -0.05) is 20.8 Å². The topological polar surface area (TPSA) is 53.1 Å². The molecule has 1 heterocycles. The van der Waals surface area contributed by atoms with Gasteiger partial charge in [0.1, 0.15) is 11.8 Å². The maximum Gasteiger partial charge on any atom is 0.256 e. The molecule has 1 aromatic heterocycles. The molecule has 0 saturated heterocycles. The predicted octanol–water partition coefficient (Wildman–Crippen LogP) is 2.60. The van der Waals surface area contributed by atoms with E-state index >= 15 is 0 Å². The zero-order valence-electron chi connectivity index (χ0n) is 11.7. The number of nitrogens with zero attached hydrogens (tertiary/aromatic N) is 2. The fourth-order valence-corrected chi connectivity index (χ4v) is 4.02. The Morgan fingerprint density at radius 1 is 1.44 bits per heavy atom. The van der Waals surface area contributed by atoms with Crippen LogP contribution in [0.1, 0.15) is 40.0 Å². The standard InChI is InChI=1S/C14H23N3O/c1-13(2)9-5-6-14(13,3)11(7-9)18-12-10(15)8-17(4)16-12/h8-9,11H,5-7,15H2,1-4H3. The first-order valence-corrected chi connectivity index (χ1v) is 6.80. The van der Waals surface area contributed by atoms with Crippen LogP contribution in [0.4, 0.5) is 5.69 Å². The molecule has 0 aromatic carbocycles. The van der Waals surface area contributed by atoms with Crippen molar-refractivity contribution in [3.63, 3.8) is 0 Å². The molecule has 2 aliphatic rings. The molecule has 4 heteroatoms. The lowest BCUT2D eigenvalue weighted by molar-refractivity contribution is 0.0274. The molecular weight excluding hydrogens is 226 g/mol. The van der Waals surface area contributed by atoms with Crippen molar-refractivity contribution in [3.8, 4) is 5.88 Å². The summed E-state index contributed by atoms with van der Waals surface area (Å²) in [5.74, 6) is 1.38. The van der Waals surface area contributed by atoms with Gasteiger partial charge in [0, 0.05) is 12.5 Å². The van der Waals surface area contributed by atoms with E-state index in [1.807, 2.05) is 7.05 Å². The van der Waals surface area contributed by atoms with Crippen molar-refractivity contribution >= 4 is 5.69 Å². The van der Waals surface area contributed by atoms with Gasteiger partial charge >= 0.3 is 0 Å². The first-order valence-electron chi connectivity index (χ1n) is 6.80. The second kappa shape index (κ2) is 3.43. The highest BCUT2D eigenvalue weighted by atomic mass is 16.5. The van der Waals surface area contributed by atoms with Crippen LogP contribution >= 0.6 is 0 Å². The molecule has 2 N–H and O–H groups in total. The highest BCUT2D eigenvalue weighted by Crippen LogP contribution is 2.66. The van der Waals surface area contributed by atoms with Crippen molar-refractivity contribution in [1.29, 1.82) is 0 Å². The summed E-state index contributed by atoms with van der Waals surface area (Å²) in [5.41, 5.74) is 7.17. The summed E-state index contributed by atoms with van der Waals surface area (Å²) in [6.45, 7) is 7.13. The Kier molecular flexibility index (Phi) is 2.26. The summed E-state index contributed by atoms with van der Waals surface area (Å²) in [4.78, 5) is 0. The van der Waals surface area contributed by atoms with Gasteiger partial charge in [0.2, 0.25) is 0 Å². The van der Waals surface area contributed by atoms with Crippen LogP contribution < -0.4 is 10.5 Å². The second-order valence-corrected chi connectivity index (χ2v) is 6.78. The van der Waals surface area contributed by atoms with Crippen LogP contribution in [-0.4, -0.2) is 15.9 Å². The van der Waals surface area contributed by atoms with Crippen LogP contribution in [0.2, 0.25) is 0 Å². The number of ether oxygens (including phenoxy) is 1. The summed E-state index contributed by atoms with van der Waals surface area (Å²) in [6, 6.07) is 0. The van der Waals surface area contributed by atoms with Gasteiger partial charge in [-0.2, -0.15) is 0 Å². The normalized spacial score (nSPS) is 37.1. The number of hydrogen-bond donors (Lipinski definition) is 1. The van der Waals surface area contributed by atoms with E-state index in [9.17, 15) is 0 Å². The second-order valence-electron chi connectivity index (χ2n) is 6.78. The largest absolute Gasteiger partial charge is 0.471 e. The number of nitrogens with two attached hydrogens (primary N) is 1. The predicted molar refractivity (Wildman–Crippen MR) is 71.3 cm³/mol. The Labute approximate surface area is 108 Å². The summed E-state index contributed by atoms with van der Waals surface area (Å²) < 4.78 is 7.86. The fourth-order valence-electron chi connectivity index (χ4n) is 4.02. The van der Waals surface area contributed by atoms with E-state index in [0.29, 0.717) is 17.0 Å². The summed E-state index contributed by atoms with van der Waals surface area (Å²) in [7, 11) is 1.87. The monoisotopic (exact) mass is 249 g/mol.